The molecule has 2 N–H and O–H groups in total. The minimum absolute atomic E-state index is 0.377. The molecule has 6 nitrogen and oxygen atoms in total. The van der Waals surface area contributed by atoms with E-state index in [0.717, 1.165) is 29.7 Å². The van der Waals surface area contributed by atoms with E-state index < -0.39 is 0 Å². The SMILES string of the molecule is NC(=O)c1cccc2c1CCN(Cc1nc(-c3cccc(Cl)c3)no1)C2. The summed E-state index contributed by atoms with van der Waals surface area (Å²) in [7, 11) is 0. The Morgan fingerprint density at radius 3 is 2.92 bits per heavy atom. The summed E-state index contributed by atoms with van der Waals surface area (Å²) < 4.78 is 5.39. The third-order valence-electron chi connectivity index (χ3n) is 4.52. The van der Waals surface area contributed by atoms with E-state index in [9.17, 15) is 4.79 Å². The molecule has 132 valence electrons. The van der Waals surface area contributed by atoms with E-state index in [1.807, 2.05) is 24.3 Å². The van der Waals surface area contributed by atoms with E-state index in [4.69, 9.17) is 21.9 Å². The van der Waals surface area contributed by atoms with Gasteiger partial charge in [-0.15, -0.1) is 0 Å². The van der Waals surface area contributed by atoms with Crippen LogP contribution in [0, 0.1) is 0 Å². The van der Waals surface area contributed by atoms with Crippen LogP contribution >= 0.6 is 11.6 Å². The molecule has 1 aliphatic heterocycles. The second kappa shape index (κ2) is 6.90. The average Bonchev–Trinajstić information content (AvgIpc) is 3.09. The molecular formula is C19H17ClN4O2. The fourth-order valence-corrected chi connectivity index (χ4v) is 3.48. The van der Waals surface area contributed by atoms with Crippen LogP contribution in [-0.4, -0.2) is 27.5 Å². The van der Waals surface area contributed by atoms with Gasteiger partial charge in [0, 0.05) is 29.2 Å². The van der Waals surface area contributed by atoms with Gasteiger partial charge in [0.15, 0.2) is 0 Å². The van der Waals surface area contributed by atoms with Crippen molar-refractivity contribution in [3.05, 3.63) is 70.1 Å². The van der Waals surface area contributed by atoms with Crippen molar-refractivity contribution in [2.24, 2.45) is 5.73 Å². The number of amides is 1. The number of nitrogens with zero attached hydrogens (tertiary/aromatic N) is 3. The summed E-state index contributed by atoms with van der Waals surface area (Å²) >= 11 is 6.01. The lowest BCUT2D eigenvalue weighted by Crippen LogP contribution is -2.31. The molecule has 0 radical (unpaired) electrons. The van der Waals surface area contributed by atoms with Gasteiger partial charge in [0.1, 0.15) is 0 Å². The lowest BCUT2D eigenvalue weighted by Gasteiger charge is -2.28. The number of primary amides is 1. The quantitative estimate of drug-likeness (QED) is 0.765. The molecule has 0 aliphatic carbocycles. The molecule has 2 heterocycles. The zero-order chi connectivity index (χ0) is 18.1. The first-order valence-corrected chi connectivity index (χ1v) is 8.69. The van der Waals surface area contributed by atoms with Crippen LogP contribution in [0.5, 0.6) is 0 Å². The van der Waals surface area contributed by atoms with E-state index in [2.05, 4.69) is 15.0 Å². The maximum absolute atomic E-state index is 11.6. The highest BCUT2D eigenvalue weighted by atomic mass is 35.5. The van der Waals surface area contributed by atoms with Crippen LogP contribution in [0.15, 0.2) is 47.0 Å². The van der Waals surface area contributed by atoms with Crippen LogP contribution in [0.3, 0.4) is 0 Å². The summed E-state index contributed by atoms with van der Waals surface area (Å²) in [6.45, 7) is 2.06. The van der Waals surface area contributed by atoms with Crippen LogP contribution in [0.25, 0.3) is 11.4 Å². The van der Waals surface area contributed by atoms with Crippen molar-refractivity contribution < 1.29 is 9.32 Å². The molecule has 3 aromatic rings. The van der Waals surface area contributed by atoms with Crippen molar-refractivity contribution in [3.8, 4) is 11.4 Å². The summed E-state index contributed by atoms with van der Waals surface area (Å²) in [6, 6.07) is 13.0. The van der Waals surface area contributed by atoms with Crippen molar-refractivity contribution in [1.29, 1.82) is 0 Å². The standard InChI is InChI=1S/C19H17ClN4O2/c20-14-5-1-3-12(9-14)19-22-17(26-23-19)11-24-8-7-15-13(10-24)4-2-6-16(15)18(21)25/h1-6,9H,7-8,10-11H2,(H2,21,25). The molecule has 0 unspecified atom stereocenters. The molecule has 4 rings (SSSR count). The highest BCUT2D eigenvalue weighted by molar-refractivity contribution is 6.30. The van der Waals surface area contributed by atoms with E-state index in [1.165, 1.54) is 0 Å². The number of nitrogens with two attached hydrogens (primary N) is 1. The summed E-state index contributed by atoms with van der Waals surface area (Å²) in [5.41, 5.74) is 9.06. The molecule has 1 aromatic heterocycles. The third-order valence-corrected chi connectivity index (χ3v) is 4.76. The van der Waals surface area contributed by atoms with E-state index in [-0.39, 0.29) is 5.91 Å². The molecule has 0 atom stereocenters. The summed E-state index contributed by atoms with van der Waals surface area (Å²) in [5.74, 6) is 0.698. The Bertz CT molecular complexity index is 970. The second-order valence-corrected chi connectivity index (χ2v) is 6.73. The monoisotopic (exact) mass is 368 g/mol. The van der Waals surface area contributed by atoms with Crippen molar-refractivity contribution >= 4 is 17.5 Å². The Kier molecular flexibility index (Phi) is 4.44. The van der Waals surface area contributed by atoms with Crippen LogP contribution in [0.4, 0.5) is 0 Å². The molecular weight excluding hydrogens is 352 g/mol. The second-order valence-electron chi connectivity index (χ2n) is 6.29. The Balaban J connectivity index is 1.50. The fourth-order valence-electron chi connectivity index (χ4n) is 3.29. The van der Waals surface area contributed by atoms with Crippen molar-refractivity contribution in [3.63, 3.8) is 0 Å². The van der Waals surface area contributed by atoms with E-state index in [0.29, 0.717) is 35.4 Å². The first-order chi connectivity index (χ1) is 12.6. The summed E-state index contributed by atoms with van der Waals surface area (Å²) in [6.07, 6.45) is 0.768. The van der Waals surface area contributed by atoms with Gasteiger partial charge in [-0.05, 0) is 35.7 Å². The molecule has 0 spiro atoms. The zero-order valence-corrected chi connectivity index (χ0v) is 14.7. The molecule has 1 amide bonds. The van der Waals surface area contributed by atoms with Gasteiger partial charge in [0.05, 0.1) is 6.54 Å². The number of aromatic nitrogens is 2. The number of hydrogen-bond donors (Lipinski definition) is 1. The predicted octanol–water partition coefficient (Wildman–Crippen LogP) is 3.05. The summed E-state index contributed by atoms with van der Waals surface area (Å²) in [5, 5.41) is 4.67. The fraction of sp³-hybridized carbons (Fsp3) is 0.211. The topological polar surface area (TPSA) is 85.3 Å². The number of rotatable bonds is 4. The largest absolute Gasteiger partial charge is 0.366 e. The van der Waals surface area contributed by atoms with Crippen LogP contribution in [0.1, 0.15) is 27.4 Å². The van der Waals surface area contributed by atoms with Gasteiger partial charge in [-0.3, -0.25) is 9.69 Å². The normalized spacial score (nSPS) is 14.2. The van der Waals surface area contributed by atoms with Gasteiger partial charge in [-0.25, -0.2) is 0 Å². The number of benzene rings is 2. The smallest absolute Gasteiger partial charge is 0.248 e. The maximum Gasteiger partial charge on any atom is 0.248 e. The number of fused-ring (bicyclic) bond motifs is 1. The van der Waals surface area contributed by atoms with Gasteiger partial charge in [-0.1, -0.05) is 41.0 Å². The molecule has 2 aromatic carbocycles. The number of halogens is 1. The Labute approximate surface area is 155 Å². The molecule has 0 bridgehead atoms. The lowest BCUT2D eigenvalue weighted by atomic mass is 9.94. The third kappa shape index (κ3) is 3.34. The van der Waals surface area contributed by atoms with Crippen molar-refractivity contribution in [2.45, 2.75) is 19.5 Å². The van der Waals surface area contributed by atoms with E-state index in [1.54, 1.807) is 18.2 Å². The predicted molar refractivity (Wildman–Crippen MR) is 97.5 cm³/mol. The van der Waals surface area contributed by atoms with Crippen molar-refractivity contribution in [1.82, 2.24) is 15.0 Å². The highest BCUT2D eigenvalue weighted by Gasteiger charge is 2.22. The summed E-state index contributed by atoms with van der Waals surface area (Å²) in [4.78, 5) is 18.2. The van der Waals surface area contributed by atoms with Gasteiger partial charge in [0.2, 0.25) is 17.6 Å². The molecule has 7 heteroatoms. The Morgan fingerprint density at radius 1 is 1.27 bits per heavy atom. The van der Waals surface area contributed by atoms with Crippen LogP contribution in [0.2, 0.25) is 5.02 Å². The average molecular weight is 369 g/mol. The first-order valence-electron chi connectivity index (χ1n) is 8.31. The highest BCUT2D eigenvalue weighted by Crippen LogP contribution is 2.24. The van der Waals surface area contributed by atoms with Gasteiger partial charge in [-0.2, -0.15) is 4.98 Å². The molecule has 26 heavy (non-hydrogen) atoms. The Hall–Kier alpha value is -2.70. The number of hydrogen-bond acceptors (Lipinski definition) is 5. The zero-order valence-electron chi connectivity index (χ0n) is 14.0. The van der Waals surface area contributed by atoms with E-state index >= 15 is 0 Å². The molecule has 0 saturated carbocycles. The molecule has 0 saturated heterocycles. The first kappa shape index (κ1) is 16.8. The molecule has 1 aliphatic rings. The Morgan fingerprint density at radius 2 is 2.12 bits per heavy atom. The van der Waals surface area contributed by atoms with Crippen LogP contribution in [-0.2, 0) is 19.5 Å². The van der Waals surface area contributed by atoms with Gasteiger partial charge in [0.25, 0.3) is 0 Å². The van der Waals surface area contributed by atoms with Crippen LogP contribution < -0.4 is 5.73 Å². The number of carbonyl (C=O) groups is 1. The molecule has 0 fully saturated rings. The maximum atomic E-state index is 11.6. The van der Waals surface area contributed by atoms with Gasteiger partial charge >= 0.3 is 0 Å². The minimum atomic E-state index is -0.377. The lowest BCUT2D eigenvalue weighted by molar-refractivity contribution is 0.0998. The minimum Gasteiger partial charge on any atom is -0.366 e. The van der Waals surface area contributed by atoms with Gasteiger partial charge < -0.3 is 10.3 Å². The van der Waals surface area contributed by atoms with Crippen molar-refractivity contribution in [2.75, 3.05) is 6.54 Å². The number of carbonyl (C=O) groups excluding carboxylic acids is 1.